The molecule has 5 heteroatoms. The zero-order valence-corrected chi connectivity index (χ0v) is 23.5. The van der Waals surface area contributed by atoms with Crippen molar-refractivity contribution in [3.8, 4) is 0 Å². The summed E-state index contributed by atoms with van der Waals surface area (Å²) in [7, 11) is 0. The van der Waals surface area contributed by atoms with E-state index in [-0.39, 0.29) is 34.5 Å². The standard InChI is InChI=1S/C32H31Cl2NO2/c1-31(2,3)16-7-10-19-21(13-16)25-20-11-8-17(32(4,5)6)14-22(20)26(19)28-27(25)29(36)35(30(28)37)18-9-12-23(33)24(34)15-18/h7-15,25-28H,1-6H3/t25-,26-,27-,28-/m1/s1. The predicted molar refractivity (Wildman–Crippen MR) is 150 cm³/mol. The van der Waals surface area contributed by atoms with Crippen LogP contribution >= 0.6 is 23.2 Å². The largest absolute Gasteiger partial charge is 0.274 e. The van der Waals surface area contributed by atoms with Gasteiger partial charge in [-0.25, -0.2) is 4.90 Å². The number of anilines is 1. The van der Waals surface area contributed by atoms with Crippen molar-refractivity contribution >= 4 is 40.7 Å². The molecule has 37 heavy (non-hydrogen) atoms. The van der Waals surface area contributed by atoms with E-state index >= 15 is 0 Å². The highest BCUT2D eigenvalue weighted by Gasteiger charge is 2.62. The summed E-state index contributed by atoms with van der Waals surface area (Å²) >= 11 is 12.4. The van der Waals surface area contributed by atoms with Gasteiger partial charge in [-0.05, 0) is 62.4 Å². The summed E-state index contributed by atoms with van der Waals surface area (Å²) in [4.78, 5) is 29.5. The molecule has 3 aliphatic carbocycles. The van der Waals surface area contributed by atoms with Crippen molar-refractivity contribution in [1.82, 2.24) is 0 Å². The van der Waals surface area contributed by atoms with Gasteiger partial charge in [-0.2, -0.15) is 0 Å². The van der Waals surface area contributed by atoms with Crippen molar-refractivity contribution in [3.05, 3.63) is 98.0 Å². The van der Waals surface area contributed by atoms with Crippen LogP contribution in [0.5, 0.6) is 0 Å². The lowest BCUT2D eigenvalue weighted by molar-refractivity contribution is -0.122. The van der Waals surface area contributed by atoms with Gasteiger partial charge in [0.2, 0.25) is 11.8 Å². The number of rotatable bonds is 1. The van der Waals surface area contributed by atoms with Crippen molar-refractivity contribution < 1.29 is 9.59 Å². The second kappa shape index (κ2) is 7.94. The summed E-state index contributed by atoms with van der Waals surface area (Å²) in [5, 5.41) is 0.722. The van der Waals surface area contributed by atoms with Crippen LogP contribution in [-0.2, 0) is 20.4 Å². The molecule has 4 aliphatic rings. The minimum Gasteiger partial charge on any atom is -0.274 e. The molecule has 4 atom stereocenters. The van der Waals surface area contributed by atoms with Crippen LogP contribution in [0.15, 0.2) is 54.6 Å². The number of benzene rings is 3. The number of carbonyl (C=O) groups excluding carboxylic acids is 2. The van der Waals surface area contributed by atoms with E-state index in [0.29, 0.717) is 15.7 Å². The highest BCUT2D eigenvalue weighted by Crippen LogP contribution is 2.62. The molecule has 7 rings (SSSR count). The van der Waals surface area contributed by atoms with E-state index in [0.717, 1.165) is 0 Å². The van der Waals surface area contributed by atoms with Crippen LogP contribution in [0.2, 0.25) is 10.0 Å². The third-order valence-corrected chi connectivity index (χ3v) is 9.26. The van der Waals surface area contributed by atoms with E-state index in [1.165, 1.54) is 38.3 Å². The van der Waals surface area contributed by atoms with Crippen LogP contribution in [-0.4, -0.2) is 11.8 Å². The van der Waals surface area contributed by atoms with Crippen LogP contribution in [0.1, 0.15) is 86.8 Å². The van der Waals surface area contributed by atoms with Crippen LogP contribution in [0.3, 0.4) is 0 Å². The van der Waals surface area contributed by atoms with Crippen LogP contribution in [0.4, 0.5) is 5.69 Å². The first-order chi connectivity index (χ1) is 17.3. The molecule has 0 radical (unpaired) electrons. The summed E-state index contributed by atoms with van der Waals surface area (Å²) in [6, 6.07) is 18.3. The molecule has 1 fully saturated rings. The van der Waals surface area contributed by atoms with E-state index in [9.17, 15) is 9.59 Å². The first kappa shape index (κ1) is 24.7. The van der Waals surface area contributed by atoms with Crippen LogP contribution in [0, 0.1) is 11.8 Å². The molecule has 0 N–H and O–H groups in total. The van der Waals surface area contributed by atoms with E-state index in [1.54, 1.807) is 18.2 Å². The first-order valence-corrected chi connectivity index (χ1v) is 13.7. The average molecular weight is 533 g/mol. The maximum Gasteiger partial charge on any atom is 0.238 e. The zero-order valence-electron chi connectivity index (χ0n) is 22.0. The van der Waals surface area contributed by atoms with Crippen molar-refractivity contribution in [2.45, 2.75) is 64.2 Å². The molecule has 190 valence electrons. The Morgan fingerprint density at radius 2 is 1.05 bits per heavy atom. The number of hydrogen-bond acceptors (Lipinski definition) is 2. The Bertz CT molecular complexity index is 1410. The lowest BCUT2D eigenvalue weighted by Gasteiger charge is -2.47. The monoisotopic (exact) mass is 531 g/mol. The maximum absolute atomic E-state index is 14.1. The number of amides is 2. The molecule has 3 aromatic rings. The van der Waals surface area contributed by atoms with Gasteiger partial charge in [-0.3, -0.25) is 9.59 Å². The Morgan fingerprint density at radius 1 is 0.595 bits per heavy atom. The number of hydrogen-bond donors (Lipinski definition) is 0. The second-order valence-electron chi connectivity index (χ2n) is 12.8. The molecule has 2 bridgehead atoms. The minimum atomic E-state index is -0.442. The fourth-order valence-electron chi connectivity index (χ4n) is 6.59. The Labute approximate surface area is 228 Å². The summed E-state index contributed by atoms with van der Waals surface area (Å²) in [6.07, 6.45) is 0. The van der Waals surface area contributed by atoms with Gasteiger partial charge in [0.15, 0.2) is 0 Å². The van der Waals surface area contributed by atoms with E-state index in [1.807, 2.05) is 0 Å². The Balaban J connectivity index is 1.57. The molecule has 0 saturated carbocycles. The smallest absolute Gasteiger partial charge is 0.238 e. The van der Waals surface area contributed by atoms with Crippen molar-refractivity contribution in [2.24, 2.45) is 11.8 Å². The third kappa shape index (κ3) is 3.54. The molecule has 0 aromatic heterocycles. The first-order valence-electron chi connectivity index (χ1n) is 12.9. The van der Waals surface area contributed by atoms with E-state index in [4.69, 9.17) is 23.2 Å². The predicted octanol–water partition coefficient (Wildman–Crippen LogP) is 7.99. The average Bonchev–Trinajstić information content (AvgIpc) is 3.09. The van der Waals surface area contributed by atoms with Crippen molar-refractivity contribution in [1.29, 1.82) is 0 Å². The SMILES string of the molecule is CC(C)(C)c1ccc2c(c1)[C@H]1c3ccc(C(C)(C)C)cc3[C@@H]2[C@H]2C(=O)N(c3ccc(Cl)c(Cl)c3)C(=O)[C@H]12. The Morgan fingerprint density at radius 3 is 1.46 bits per heavy atom. The fraction of sp³-hybridized carbons (Fsp3) is 0.375. The normalized spacial score (nSPS) is 24.3. The van der Waals surface area contributed by atoms with Gasteiger partial charge in [0, 0.05) is 11.8 Å². The third-order valence-electron chi connectivity index (χ3n) is 8.52. The lowest BCUT2D eigenvalue weighted by Crippen LogP contribution is -2.42. The minimum absolute atomic E-state index is 0.0222. The van der Waals surface area contributed by atoms with Crippen molar-refractivity contribution in [3.63, 3.8) is 0 Å². The number of imide groups is 1. The van der Waals surface area contributed by atoms with Gasteiger partial charge >= 0.3 is 0 Å². The van der Waals surface area contributed by atoms with Crippen molar-refractivity contribution in [2.75, 3.05) is 4.90 Å². The molecule has 0 unspecified atom stereocenters. The van der Waals surface area contributed by atoms with Crippen LogP contribution in [0.25, 0.3) is 0 Å². The molecular formula is C32H31Cl2NO2. The number of halogens is 2. The molecule has 1 saturated heterocycles. The number of carbonyl (C=O) groups is 2. The highest BCUT2D eigenvalue weighted by molar-refractivity contribution is 6.42. The van der Waals surface area contributed by atoms with Crippen LogP contribution < -0.4 is 4.90 Å². The van der Waals surface area contributed by atoms with Gasteiger partial charge in [-0.15, -0.1) is 0 Å². The second-order valence-corrected chi connectivity index (χ2v) is 13.6. The van der Waals surface area contributed by atoms with E-state index in [2.05, 4.69) is 77.9 Å². The van der Waals surface area contributed by atoms with Gasteiger partial charge in [0.1, 0.15) is 0 Å². The van der Waals surface area contributed by atoms with Gasteiger partial charge < -0.3 is 0 Å². The quantitative estimate of drug-likeness (QED) is 0.298. The molecule has 0 spiro atoms. The van der Waals surface area contributed by atoms with Gasteiger partial charge in [0.25, 0.3) is 0 Å². The molecule has 3 nitrogen and oxygen atoms in total. The Hall–Kier alpha value is -2.62. The molecule has 1 heterocycles. The fourth-order valence-corrected chi connectivity index (χ4v) is 6.88. The number of nitrogens with zero attached hydrogens (tertiary/aromatic N) is 1. The summed E-state index contributed by atoms with van der Waals surface area (Å²) in [6.45, 7) is 13.2. The topological polar surface area (TPSA) is 37.4 Å². The molecule has 2 amide bonds. The Kier molecular flexibility index (Phi) is 5.30. The maximum atomic E-state index is 14.1. The van der Waals surface area contributed by atoms with Gasteiger partial charge in [0.05, 0.1) is 27.6 Å². The van der Waals surface area contributed by atoms with Gasteiger partial charge in [-0.1, -0.05) is 101 Å². The molecule has 3 aromatic carbocycles. The summed E-state index contributed by atoms with van der Waals surface area (Å²) in [5.41, 5.74) is 7.64. The summed E-state index contributed by atoms with van der Waals surface area (Å²) in [5.74, 6) is -1.52. The zero-order chi connectivity index (χ0) is 26.6. The highest BCUT2D eigenvalue weighted by atomic mass is 35.5. The summed E-state index contributed by atoms with van der Waals surface area (Å²) < 4.78 is 0. The molecule has 1 aliphatic heterocycles. The molecular weight excluding hydrogens is 501 g/mol. The van der Waals surface area contributed by atoms with E-state index < -0.39 is 11.8 Å². The lowest BCUT2D eigenvalue weighted by atomic mass is 9.54.